The van der Waals surface area contributed by atoms with Crippen LogP contribution in [0.5, 0.6) is 0 Å². The quantitative estimate of drug-likeness (QED) is 0.737. The van der Waals surface area contributed by atoms with Crippen molar-refractivity contribution >= 4 is 12.1 Å². The molecular weight excluding hydrogens is 355 g/mol. The molecule has 1 heterocycles. The molecule has 0 saturated heterocycles. The molecule has 1 aromatic heterocycles. The lowest BCUT2D eigenvalue weighted by atomic mass is 10.1. The first kappa shape index (κ1) is 21.8. The third kappa shape index (κ3) is 8.72. The fraction of sp³-hybridized carbons (Fsp3) is 0.688. The second-order valence-electron chi connectivity index (χ2n) is 6.75. The number of halogens is 3. The number of amides is 1. The van der Waals surface area contributed by atoms with Crippen LogP contribution < -0.4 is 5.32 Å². The third-order valence-corrected chi connectivity index (χ3v) is 3.15. The highest BCUT2D eigenvalue weighted by Crippen LogP contribution is 2.21. The number of ether oxygens (including phenoxy) is 2. The Morgan fingerprint density at radius 1 is 1.31 bits per heavy atom. The number of esters is 1. The van der Waals surface area contributed by atoms with E-state index in [-0.39, 0.29) is 19.4 Å². The summed E-state index contributed by atoms with van der Waals surface area (Å²) in [5.41, 5.74) is -0.298. The highest BCUT2D eigenvalue weighted by Gasteiger charge is 2.27. The van der Waals surface area contributed by atoms with E-state index in [0.29, 0.717) is 5.69 Å². The zero-order valence-corrected chi connectivity index (χ0v) is 15.2. The number of nitrogens with zero attached hydrogens (tertiary/aromatic N) is 2. The Balaban J connectivity index is 2.65. The van der Waals surface area contributed by atoms with Gasteiger partial charge in [-0.3, -0.25) is 0 Å². The molecule has 0 fully saturated rings. The second kappa shape index (κ2) is 8.91. The van der Waals surface area contributed by atoms with Gasteiger partial charge in [-0.1, -0.05) is 0 Å². The van der Waals surface area contributed by atoms with Crippen molar-refractivity contribution in [3.05, 3.63) is 18.2 Å². The van der Waals surface area contributed by atoms with E-state index in [4.69, 9.17) is 4.74 Å². The van der Waals surface area contributed by atoms with Gasteiger partial charge < -0.3 is 19.4 Å². The van der Waals surface area contributed by atoms with Crippen LogP contribution in [0.4, 0.5) is 18.0 Å². The average molecular weight is 379 g/mol. The summed E-state index contributed by atoms with van der Waals surface area (Å²) >= 11 is 0. The Kier molecular flexibility index (Phi) is 7.46. The van der Waals surface area contributed by atoms with Crippen LogP contribution in [0.25, 0.3) is 0 Å². The number of hydrogen-bond donors (Lipinski definition) is 1. The number of imidazole rings is 1. The zero-order valence-electron chi connectivity index (χ0n) is 15.2. The van der Waals surface area contributed by atoms with Crippen LogP contribution in [-0.4, -0.2) is 46.5 Å². The molecule has 0 unspecified atom stereocenters. The molecule has 0 aliphatic carbocycles. The molecule has 0 spiro atoms. The topological polar surface area (TPSA) is 82.5 Å². The van der Waals surface area contributed by atoms with Crippen LogP contribution in [-0.2, 0) is 27.2 Å². The van der Waals surface area contributed by atoms with Gasteiger partial charge in [0.2, 0.25) is 0 Å². The summed E-state index contributed by atoms with van der Waals surface area (Å²) in [4.78, 5) is 27.8. The van der Waals surface area contributed by atoms with Gasteiger partial charge in [0.05, 0.1) is 19.1 Å². The molecule has 1 atom stereocenters. The lowest BCUT2D eigenvalue weighted by Gasteiger charge is -2.22. The van der Waals surface area contributed by atoms with Crippen molar-refractivity contribution in [3.63, 3.8) is 0 Å². The van der Waals surface area contributed by atoms with E-state index >= 15 is 0 Å². The van der Waals surface area contributed by atoms with Crippen molar-refractivity contribution in [1.29, 1.82) is 0 Å². The summed E-state index contributed by atoms with van der Waals surface area (Å²) in [5.74, 6) is -0.678. The standard InChI is InChI=1S/C16H24F3N3O4/c1-15(2,3)26-14(24)21-12(13(23)25-4)8-11-9-22(10-20-11)7-5-6-16(17,18)19/h9-10,12H,5-8H2,1-4H3,(H,21,24)/t12-/m0/s1. The minimum Gasteiger partial charge on any atom is -0.467 e. The molecule has 0 radical (unpaired) electrons. The fourth-order valence-electron chi connectivity index (χ4n) is 2.09. The summed E-state index contributed by atoms with van der Waals surface area (Å²) in [6.45, 7) is 5.20. The number of aryl methyl sites for hydroxylation is 1. The predicted octanol–water partition coefficient (Wildman–Crippen LogP) is 2.83. The number of hydrogen-bond acceptors (Lipinski definition) is 5. The lowest BCUT2D eigenvalue weighted by Crippen LogP contribution is -2.45. The molecule has 0 aromatic carbocycles. The number of carbonyl (C=O) groups is 2. The molecule has 10 heteroatoms. The smallest absolute Gasteiger partial charge is 0.408 e. The summed E-state index contributed by atoms with van der Waals surface area (Å²) in [6, 6.07) is -1.02. The van der Waals surface area contributed by atoms with Gasteiger partial charge in [-0.05, 0) is 27.2 Å². The molecule has 0 saturated carbocycles. The summed E-state index contributed by atoms with van der Waals surface area (Å²) in [5, 5.41) is 2.41. The first-order valence-electron chi connectivity index (χ1n) is 8.04. The first-order chi connectivity index (χ1) is 11.9. The Morgan fingerprint density at radius 3 is 2.50 bits per heavy atom. The normalized spacial score (nSPS) is 13.2. The number of rotatable bonds is 7. The van der Waals surface area contributed by atoms with Gasteiger partial charge >= 0.3 is 18.2 Å². The molecule has 1 aromatic rings. The highest BCUT2D eigenvalue weighted by atomic mass is 19.4. The first-order valence-corrected chi connectivity index (χ1v) is 8.04. The summed E-state index contributed by atoms with van der Waals surface area (Å²) < 4.78 is 47.8. The van der Waals surface area contributed by atoms with Crippen molar-refractivity contribution in [1.82, 2.24) is 14.9 Å². The highest BCUT2D eigenvalue weighted by molar-refractivity contribution is 5.81. The molecule has 0 bridgehead atoms. The number of alkyl halides is 3. The van der Waals surface area contributed by atoms with Crippen molar-refractivity contribution < 1.29 is 32.2 Å². The number of methoxy groups -OCH3 is 1. The van der Waals surface area contributed by atoms with E-state index in [1.807, 2.05) is 0 Å². The van der Waals surface area contributed by atoms with E-state index < -0.39 is 36.3 Å². The SMILES string of the molecule is COC(=O)[C@H](Cc1cn(CCCC(F)(F)F)cn1)NC(=O)OC(C)(C)C. The molecule has 1 amide bonds. The van der Waals surface area contributed by atoms with E-state index in [2.05, 4.69) is 15.0 Å². The molecule has 148 valence electrons. The van der Waals surface area contributed by atoms with Gasteiger partial charge in [0, 0.05) is 25.6 Å². The van der Waals surface area contributed by atoms with Gasteiger partial charge in [-0.15, -0.1) is 0 Å². The van der Waals surface area contributed by atoms with Crippen LogP contribution in [0, 0.1) is 0 Å². The minimum atomic E-state index is -4.20. The Bertz CT molecular complexity index is 609. The van der Waals surface area contributed by atoms with E-state index in [9.17, 15) is 22.8 Å². The Hall–Kier alpha value is -2.26. The molecule has 26 heavy (non-hydrogen) atoms. The predicted molar refractivity (Wildman–Crippen MR) is 86.4 cm³/mol. The Morgan fingerprint density at radius 2 is 1.96 bits per heavy atom. The molecule has 1 rings (SSSR count). The molecule has 1 N–H and O–H groups in total. The molecule has 0 aliphatic heterocycles. The summed E-state index contributed by atoms with van der Waals surface area (Å²) in [7, 11) is 1.18. The number of alkyl carbamates (subject to hydrolysis) is 1. The number of nitrogens with one attached hydrogen (secondary N) is 1. The largest absolute Gasteiger partial charge is 0.467 e. The van der Waals surface area contributed by atoms with Crippen LogP contribution in [0.15, 0.2) is 12.5 Å². The van der Waals surface area contributed by atoms with Crippen LogP contribution in [0.3, 0.4) is 0 Å². The van der Waals surface area contributed by atoms with E-state index in [1.165, 1.54) is 24.2 Å². The molecular formula is C16H24F3N3O4. The van der Waals surface area contributed by atoms with Crippen molar-refractivity contribution in [2.24, 2.45) is 0 Å². The van der Waals surface area contributed by atoms with Gasteiger partial charge in [-0.25, -0.2) is 14.6 Å². The zero-order chi connectivity index (χ0) is 20.0. The fourth-order valence-corrected chi connectivity index (χ4v) is 2.09. The third-order valence-electron chi connectivity index (χ3n) is 3.15. The van der Waals surface area contributed by atoms with Gasteiger partial charge in [0.25, 0.3) is 0 Å². The maximum Gasteiger partial charge on any atom is 0.408 e. The minimum absolute atomic E-state index is 0.0260. The van der Waals surface area contributed by atoms with Crippen molar-refractivity contribution in [2.75, 3.05) is 7.11 Å². The number of carbonyl (C=O) groups excluding carboxylic acids is 2. The Labute approximate surface area is 149 Å². The maximum atomic E-state index is 12.2. The van der Waals surface area contributed by atoms with Crippen LogP contribution in [0.1, 0.15) is 39.3 Å². The maximum absolute atomic E-state index is 12.2. The lowest BCUT2D eigenvalue weighted by molar-refractivity contribution is -0.143. The van der Waals surface area contributed by atoms with Crippen LogP contribution >= 0.6 is 0 Å². The van der Waals surface area contributed by atoms with Gasteiger partial charge in [0.15, 0.2) is 0 Å². The van der Waals surface area contributed by atoms with Gasteiger partial charge in [-0.2, -0.15) is 13.2 Å². The van der Waals surface area contributed by atoms with Crippen molar-refractivity contribution in [2.45, 2.75) is 64.4 Å². The monoisotopic (exact) mass is 379 g/mol. The molecule has 7 nitrogen and oxygen atoms in total. The molecule has 0 aliphatic rings. The number of aromatic nitrogens is 2. The van der Waals surface area contributed by atoms with E-state index in [1.54, 1.807) is 20.8 Å². The second-order valence-corrected chi connectivity index (χ2v) is 6.75. The summed E-state index contributed by atoms with van der Waals surface area (Å²) in [6.07, 6.45) is -3.00. The van der Waals surface area contributed by atoms with Crippen LogP contribution in [0.2, 0.25) is 0 Å². The average Bonchev–Trinajstić information content (AvgIpc) is 2.90. The van der Waals surface area contributed by atoms with E-state index in [0.717, 1.165) is 0 Å². The van der Waals surface area contributed by atoms with Gasteiger partial charge in [0.1, 0.15) is 11.6 Å². The van der Waals surface area contributed by atoms with Crippen molar-refractivity contribution in [3.8, 4) is 0 Å².